The molecule has 60 heavy (non-hydrogen) atoms. The summed E-state index contributed by atoms with van der Waals surface area (Å²) in [4.78, 5) is 0. The number of fused-ring (bicyclic) bond motifs is 2. The van der Waals surface area contributed by atoms with Crippen molar-refractivity contribution in [2.45, 2.75) is 258 Å². The van der Waals surface area contributed by atoms with Crippen LogP contribution >= 0.6 is 0 Å². The summed E-state index contributed by atoms with van der Waals surface area (Å²) >= 11 is 0. The molecule has 0 amide bonds. The molecular weight excluding hydrogens is 721 g/mol. The molecular formula is C60H100. The minimum Gasteiger partial charge on any atom is -0.0817 e. The van der Waals surface area contributed by atoms with Gasteiger partial charge in [-0.15, -0.1) is 0 Å². The van der Waals surface area contributed by atoms with Crippen LogP contribution in [0.5, 0.6) is 0 Å². The maximum Gasteiger partial charge on any atom is -0.0200 e. The normalized spacial score (nSPS) is 39.9. The molecule has 0 N–H and O–H groups in total. The van der Waals surface area contributed by atoms with Gasteiger partial charge in [0.25, 0.3) is 0 Å². The van der Waals surface area contributed by atoms with E-state index in [2.05, 4.69) is 26.0 Å². The van der Waals surface area contributed by atoms with Crippen LogP contribution in [-0.2, 0) is 0 Å². The van der Waals surface area contributed by atoms with Crippen LogP contribution < -0.4 is 0 Å². The van der Waals surface area contributed by atoms with E-state index in [0.717, 1.165) is 94.7 Å². The summed E-state index contributed by atoms with van der Waals surface area (Å²) in [5.74, 6) is 16.2. The predicted molar refractivity (Wildman–Crippen MR) is 259 cm³/mol. The molecule has 9 aliphatic rings. The summed E-state index contributed by atoms with van der Waals surface area (Å²) in [6.45, 7) is 5.14. The number of rotatable bonds is 12. The Morgan fingerprint density at radius 1 is 0.400 bits per heavy atom. The maximum atomic E-state index is 3.02. The Morgan fingerprint density at radius 2 is 0.767 bits per heavy atom. The van der Waals surface area contributed by atoms with Crippen LogP contribution in [0.15, 0.2) is 23.3 Å². The van der Waals surface area contributed by atoms with E-state index in [9.17, 15) is 0 Å². The van der Waals surface area contributed by atoms with E-state index < -0.39 is 0 Å². The second-order valence-corrected chi connectivity index (χ2v) is 24.8. The molecule has 0 spiro atoms. The van der Waals surface area contributed by atoms with Gasteiger partial charge in [-0.2, -0.15) is 0 Å². The molecule has 9 fully saturated rings. The van der Waals surface area contributed by atoms with E-state index in [4.69, 9.17) is 0 Å². The first-order chi connectivity index (χ1) is 29.6. The molecule has 0 aromatic heterocycles. The number of hydrogen-bond donors (Lipinski definition) is 0. The highest BCUT2D eigenvalue weighted by Gasteiger charge is 2.56. The maximum absolute atomic E-state index is 3.02. The van der Waals surface area contributed by atoms with Crippen molar-refractivity contribution in [3.8, 4) is 0 Å². The highest BCUT2D eigenvalue weighted by atomic mass is 14.6. The molecule has 0 aromatic carbocycles. The fraction of sp³-hybridized carbons (Fsp3) is 0.933. The highest BCUT2D eigenvalue weighted by molar-refractivity contribution is 5.17. The smallest absolute Gasteiger partial charge is 0.0200 e. The topological polar surface area (TPSA) is 0 Å². The van der Waals surface area contributed by atoms with Gasteiger partial charge in [0.05, 0.1) is 0 Å². The molecule has 0 bridgehead atoms. The zero-order valence-corrected chi connectivity index (χ0v) is 40.3. The van der Waals surface area contributed by atoms with Crippen LogP contribution in [0, 0.1) is 94.7 Å². The number of allylic oxidation sites excluding steroid dienone is 4. The molecule has 0 aliphatic heterocycles. The molecule has 0 saturated heterocycles. The molecule has 0 heteroatoms. The monoisotopic (exact) mass is 821 g/mol. The van der Waals surface area contributed by atoms with Gasteiger partial charge >= 0.3 is 0 Å². The molecule has 340 valence electrons. The molecule has 9 aliphatic carbocycles. The second-order valence-electron chi connectivity index (χ2n) is 24.8. The lowest BCUT2D eigenvalue weighted by molar-refractivity contribution is -0.124. The van der Waals surface area contributed by atoms with Gasteiger partial charge < -0.3 is 0 Å². The summed E-state index contributed by atoms with van der Waals surface area (Å²) in [5.41, 5.74) is 4.04. The first-order valence-corrected chi connectivity index (χ1v) is 29.1. The van der Waals surface area contributed by atoms with Crippen LogP contribution in [0.2, 0.25) is 0 Å². The second kappa shape index (κ2) is 22.1. The number of hydrogen-bond acceptors (Lipinski definition) is 0. The third-order valence-electron chi connectivity index (χ3n) is 21.6. The molecule has 0 aromatic rings. The molecule has 9 rings (SSSR count). The molecule has 0 radical (unpaired) electrons. The first kappa shape index (κ1) is 44.7. The van der Waals surface area contributed by atoms with E-state index in [1.165, 1.54) is 148 Å². The standard InChI is InChI=1S/C60H100/c1-3-4-19-43(2)52-38-39-55-58(42-52)60(51-36-32-45(33-37-51)41-57(48-24-13-7-14-25-48)49-26-15-8-16-27-49)54-29-18-17-28-53(54)59(55)50-34-30-44(31-35-50)40-56(46-20-9-5-10-21-46)47-22-11-6-12-23-47/h40-41,43-55,58-60H,3-39,42H2,1-2H3. The van der Waals surface area contributed by atoms with Gasteiger partial charge in [-0.1, -0.05) is 146 Å². The van der Waals surface area contributed by atoms with E-state index in [0.29, 0.717) is 0 Å². The van der Waals surface area contributed by atoms with E-state index in [-0.39, 0.29) is 0 Å². The zero-order chi connectivity index (χ0) is 40.7. The van der Waals surface area contributed by atoms with Crippen molar-refractivity contribution in [2.75, 3.05) is 0 Å². The quantitative estimate of drug-likeness (QED) is 0.172. The van der Waals surface area contributed by atoms with Gasteiger partial charge in [-0.05, 0) is 230 Å². The van der Waals surface area contributed by atoms with Crippen molar-refractivity contribution < 1.29 is 0 Å². The largest absolute Gasteiger partial charge is 0.0817 e. The van der Waals surface area contributed by atoms with Crippen molar-refractivity contribution in [2.24, 2.45) is 94.7 Å². The Kier molecular flexibility index (Phi) is 16.5. The SMILES string of the molecule is CCCCC(C)C1CCC2C(C1)C(C1CCC(C=C(C3CCCCC3)C3CCCCC3)CC1)C1CCCCC1C2C1CCC(C=C(C2CCCCC2)C2CCCCC2)CC1. The number of unbranched alkanes of at least 4 members (excludes halogenated alkanes) is 1. The molecule has 8 atom stereocenters. The van der Waals surface area contributed by atoms with Gasteiger partial charge in [0.15, 0.2) is 0 Å². The molecule has 9 saturated carbocycles. The summed E-state index contributed by atoms with van der Waals surface area (Å²) < 4.78 is 0. The van der Waals surface area contributed by atoms with E-state index >= 15 is 0 Å². The lowest BCUT2D eigenvalue weighted by Gasteiger charge is -2.61. The zero-order valence-electron chi connectivity index (χ0n) is 40.3. The summed E-state index contributed by atoms with van der Waals surface area (Å²) in [5, 5.41) is 0. The minimum absolute atomic E-state index is 0.906. The summed E-state index contributed by atoms with van der Waals surface area (Å²) in [6.07, 6.45) is 64.3. The predicted octanol–water partition coefficient (Wildman–Crippen LogP) is 18.7. The lowest BCUT2D eigenvalue weighted by atomic mass is 9.44. The van der Waals surface area contributed by atoms with E-state index in [1.807, 2.05) is 11.1 Å². The lowest BCUT2D eigenvalue weighted by Crippen LogP contribution is -2.54. The third kappa shape index (κ3) is 10.6. The summed E-state index contributed by atoms with van der Waals surface area (Å²) in [6, 6.07) is 0. The average Bonchev–Trinajstić information content (AvgIpc) is 3.32. The molecule has 0 nitrogen and oxygen atoms in total. The van der Waals surface area contributed by atoms with Gasteiger partial charge in [0, 0.05) is 0 Å². The molecule has 0 heterocycles. The van der Waals surface area contributed by atoms with E-state index in [1.54, 1.807) is 96.3 Å². The fourth-order valence-electron chi connectivity index (χ4n) is 18.5. The van der Waals surface area contributed by atoms with Gasteiger partial charge in [-0.3, -0.25) is 0 Å². The van der Waals surface area contributed by atoms with Gasteiger partial charge in [-0.25, -0.2) is 0 Å². The first-order valence-electron chi connectivity index (χ1n) is 29.1. The Balaban J connectivity index is 0.922. The van der Waals surface area contributed by atoms with Crippen molar-refractivity contribution in [1.82, 2.24) is 0 Å². The Bertz CT molecular complexity index is 1270. The van der Waals surface area contributed by atoms with Crippen LogP contribution in [0.1, 0.15) is 258 Å². The van der Waals surface area contributed by atoms with Gasteiger partial charge in [0.1, 0.15) is 0 Å². The van der Waals surface area contributed by atoms with Crippen molar-refractivity contribution in [3.63, 3.8) is 0 Å². The Hall–Kier alpha value is -0.520. The Labute approximate surface area is 374 Å². The highest BCUT2D eigenvalue weighted by Crippen LogP contribution is 2.64. The summed E-state index contributed by atoms with van der Waals surface area (Å²) in [7, 11) is 0. The van der Waals surface area contributed by atoms with Crippen LogP contribution in [0.3, 0.4) is 0 Å². The van der Waals surface area contributed by atoms with Crippen LogP contribution in [0.25, 0.3) is 0 Å². The fourth-order valence-corrected chi connectivity index (χ4v) is 18.5. The van der Waals surface area contributed by atoms with Gasteiger partial charge in [0.2, 0.25) is 0 Å². The Morgan fingerprint density at radius 3 is 1.17 bits per heavy atom. The average molecular weight is 821 g/mol. The van der Waals surface area contributed by atoms with Crippen molar-refractivity contribution in [3.05, 3.63) is 23.3 Å². The van der Waals surface area contributed by atoms with Crippen molar-refractivity contribution in [1.29, 1.82) is 0 Å². The van der Waals surface area contributed by atoms with Crippen LogP contribution in [0.4, 0.5) is 0 Å². The van der Waals surface area contributed by atoms with Crippen molar-refractivity contribution >= 4 is 0 Å². The third-order valence-corrected chi connectivity index (χ3v) is 21.6. The minimum atomic E-state index is 0.906. The molecule has 8 unspecified atom stereocenters. The van der Waals surface area contributed by atoms with Crippen LogP contribution in [-0.4, -0.2) is 0 Å².